The average molecular weight is 262 g/mol. The molecule has 2 N–H and O–H groups in total. The van der Waals surface area contributed by atoms with Crippen LogP contribution in [0.3, 0.4) is 0 Å². The van der Waals surface area contributed by atoms with Crippen LogP contribution >= 0.6 is 0 Å². The summed E-state index contributed by atoms with van der Waals surface area (Å²) in [6.07, 6.45) is -0.112. The number of rotatable bonds is 4. The second kappa shape index (κ2) is 5.05. The van der Waals surface area contributed by atoms with Gasteiger partial charge in [0.25, 0.3) is 5.91 Å². The molecule has 7 nitrogen and oxygen atoms in total. The van der Waals surface area contributed by atoms with E-state index in [-0.39, 0.29) is 12.3 Å². The van der Waals surface area contributed by atoms with Gasteiger partial charge >= 0.3 is 5.97 Å². The highest BCUT2D eigenvalue weighted by atomic mass is 16.4. The zero-order chi connectivity index (χ0) is 14.0. The lowest BCUT2D eigenvalue weighted by molar-refractivity contribution is -0.137. The summed E-state index contributed by atoms with van der Waals surface area (Å²) in [7, 11) is 1.77. The Morgan fingerprint density at radius 1 is 1.47 bits per heavy atom. The molecule has 19 heavy (non-hydrogen) atoms. The van der Waals surface area contributed by atoms with Crippen molar-refractivity contribution in [3.05, 3.63) is 23.8 Å². The minimum Gasteiger partial charge on any atom is -0.481 e. The molecule has 0 aliphatic carbocycles. The van der Waals surface area contributed by atoms with Crippen LogP contribution in [0, 0.1) is 0 Å². The summed E-state index contributed by atoms with van der Waals surface area (Å²) in [6.45, 7) is 1.65. The minimum atomic E-state index is -0.947. The van der Waals surface area contributed by atoms with E-state index in [2.05, 4.69) is 15.6 Å². The third-order valence-electron chi connectivity index (χ3n) is 2.73. The number of nitrogens with zero attached hydrogens (tertiary/aromatic N) is 3. The molecule has 0 saturated carbocycles. The number of amides is 1. The van der Waals surface area contributed by atoms with Crippen molar-refractivity contribution in [2.24, 2.45) is 7.05 Å². The van der Waals surface area contributed by atoms with Crippen LogP contribution < -0.4 is 5.32 Å². The molecule has 1 unspecified atom stereocenters. The van der Waals surface area contributed by atoms with Gasteiger partial charge in [-0.15, -0.1) is 5.10 Å². The molecule has 0 aliphatic heterocycles. The Bertz CT molecular complexity index is 635. The molecule has 0 spiro atoms. The number of benzene rings is 1. The van der Waals surface area contributed by atoms with Crippen molar-refractivity contribution in [2.75, 3.05) is 0 Å². The van der Waals surface area contributed by atoms with Crippen LogP contribution in [0.2, 0.25) is 0 Å². The van der Waals surface area contributed by atoms with E-state index >= 15 is 0 Å². The van der Waals surface area contributed by atoms with Gasteiger partial charge in [-0.1, -0.05) is 5.21 Å². The first kappa shape index (κ1) is 13.0. The molecule has 100 valence electrons. The minimum absolute atomic E-state index is 0.112. The maximum absolute atomic E-state index is 11.9. The van der Waals surface area contributed by atoms with Crippen LogP contribution in [0.25, 0.3) is 11.0 Å². The van der Waals surface area contributed by atoms with Crippen molar-refractivity contribution in [1.82, 2.24) is 20.3 Å². The highest BCUT2D eigenvalue weighted by Gasteiger charge is 2.13. The molecule has 0 aliphatic rings. The molecule has 0 fully saturated rings. The first-order valence-corrected chi connectivity index (χ1v) is 5.79. The van der Waals surface area contributed by atoms with Crippen LogP contribution in [0.15, 0.2) is 18.2 Å². The topological polar surface area (TPSA) is 97.1 Å². The molecule has 1 aromatic heterocycles. The summed E-state index contributed by atoms with van der Waals surface area (Å²) in [5, 5.41) is 19.0. The molecular weight excluding hydrogens is 248 g/mol. The number of fused-ring (bicyclic) bond motifs is 1. The SMILES string of the molecule is CC(CC(=O)O)NC(=O)c1ccc2c(c1)nnn2C. The van der Waals surface area contributed by atoms with Crippen LogP contribution in [0.4, 0.5) is 0 Å². The van der Waals surface area contributed by atoms with Crippen LogP contribution in [-0.4, -0.2) is 38.0 Å². The molecule has 1 heterocycles. The third-order valence-corrected chi connectivity index (χ3v) is 2.73. The van der Waals surface area contributed by atoms with Crippen molar-refractivity contribution >= 4 is 22.9 Å². The van der Waals surface area contributed by atoms with Crippen LogP contribution in [0.1, 0.15) is 23.7 Å². The summed E-state index contributed by atoms with van der Waals surface area (Å²) in [6, 6.07) is 4.62. The summed E-state index contributed by atoms with van der Waals surface area (Å²) >= 11 is 0. The standard InChI is InChI=1S/C12H14N4O3/c1-7(5-11(17)18)13-12(19)8-3-4-10-9(6-8)14-15-16(10)2/h3-4,6-7H,5H2,1-2H3,(H,13,19)(H,17,18). The fourth-order valence-electron chi connectivity index (χ4n) is 1.80. The number of aryl methyl sites for hydroxylation is 1. The van der Waals surface area contributed by atoms with Crippen molar-refractivity contribution in [3.63, 3.8) is 0 Å². The van der Waals surface area contributed by atoms with Crippen molar-refractivity contribution < 1.29 is 14.7 Å². The average Bonchev–Trinajstić information content (AvgIpc) is 2.69. The zero-order valence-electron chi connectivity index (χ0n) is 10.6. The number of carbonyl (C=O) groups excluding carboxylic acids is 1. The summed E-state index contributed by atoms with van der Waals surface area (Å²) in [5.41, 5.74) is 1.89. The predicted molar refractivity (Wildman–Crippen MR) is 67.7 cm³/mol. The van der Waals surface area contributed by atoms with Gasteiger partial charge in [-0.05, 0) is 25.1 Å². The normalized spacial score (nSPS) is 12.3. The number of hydrogen-bond donors (Lipinski definition) is 2. The van der Waals surface area contributed by atoms with Crippen LogP contribution in [0.5, 0.6) is 0 Å². The number of carboxylic acids is 1. The third kappa shape index (κ3) is 2.87. The van der Waals surface area contributed by atoms with Gasteiger partial charge in [0.05, 0.1) is 11.9 Å². The fourth-order valence-corrected chi connectivity index (χ4v) is 1.80. The molecule has 2 aromatic rings. The maximum Gasteiger partial charge on any atom is 0.305 e. The first-order valence-electron chi connectivity index (χ1n) is 5.79. The van der Waals surface area contributed by atoms with Gasteiger partial charge in [0.1, 0.15) is 5.52 Å². The lowest BCUT2D eigenvalue weighted by Gasteiger charge is -2.11. The van der Waals surface area contributed by atoms with Crippen molar-refractivity contribution in [3.8, 4) is 0 Å². The highest BCUT2D eigenvalue weighted by Crippen LogP contribution is 2.12. The van der Waals surface area contributed by atoms with Gasteiger partial charge in [-0.3, -0.25) is 9.59 Å². The van der Waals surface area contributed by atoms with E-state index < -0.39 is 12.0 Å². The van der Waals surface area contributed by atoms with Gasteiger partial charge < -0.3 is 10.4 Å². The number of hydrogen-bond acceptors (Lipinski definition) is 4. The van der Waals surface area contributed by atoms with Gasteiger partial charge in [0, 0.05) is 18.7 Å². The van der Waals surface area contributed by atoms with Crippen molar-refractivity contribution in [1.29, 1.82) is 0 Å². The second-order valence-electron chi connectivity index (χ2n) is 4.39. The summed E-state index contributed by atoms with van der Waals surface area (Å²) < 4.78 is 1.62. The largest absolute Gasteiger partial charge is 0.481 e. The van der Waals surface area contributed by atoms with E-state index in [1.54, 1.807) is 36.9 Å². The number of aromatic nitrogens is 3. The number of carbonyl (C=O) groups is 2. The first-order chi connectivity index (χ1) is 8.97. The van der Waals surface area contributed by atoms with E-state index in [4.69, 9.17) is 5.11 Å². The predicted octanol–water partition coefficient (Wildman–Crippen LogP) is 0.561. The van der Waals surface area contributed by atoms with Gasteiger partial charge in [-0.2, -0.15) is 0 Å². The molecule has 2 rings (SSSR count). The Morgan fingerprint density at radius 3 is 2.89 bits per heavy atom. The monoisotopic (exact) mass is 262 g/mol. The van der Waals surface area contributed by atoms with E-state index in [9.17, 15) is 9.59 Å². The second-order valence-corrected chi connectivity index (χ2v) is 4.39. The number of aliphatic carboxylic acids is 1. The Hall–Kier alpha value is -2.44. The Labute approximate surface area is 109 Å². The molecule has 7 heteroatoms. The summed E-state index contributed by atoms with van der Waals surface area (Å²) in [4.78, 5) is 22.5. The Balaban J connectivity index is 2.15. The molecular formula is C12H14N4O3. The number of nitrogens with one attached hydrogen (secondary N) is 1. The lowest BCUT2D eigenvalue weighted by Crippen LogP contribution is -2.34. The van der Waals surface area contributed by atoms with Crippen LogP contribution in [-0.2, 0) is 11.8 Å². The highest BCUT2D eigenvalue weighted by molar-refractivity contribution is 5.97. The van der Waals surface area contributed by atoms with Crippen molar-refractivity contribution in [2.45, 2.75) is 19.4 Å². The van der Waals surface area contributed by atoms with Gasteiger partial charge in [0.2, 0.25) is 0 Å². The van der Waals surface area contributed by atoms with E-state index in [1.807, 2.05) is 0 Å². The molecule has 1 amide bonds. The van der Waals surface area contributed by atoms with Gasteiger partial charge in [-0.25, -0.2) is 4.68 Å². The number of carboxylic acid groups (broad SMARTS) is 1. The van der Waals surface area contributed by atoms with E-state index in [0.717, 1.165) is 5.52 Å². The fraction of sp³-hybridized carbons (Fsp3) is 0.333. The van der Waals surface area contributed by atoms with Gasteiger partial charge in [0.15, 0.2) is 0 Å². The van der Waals surface area contributed by atoms with E-state index in [1.165, 1.54) is 0 Å². The molecule has 1 atom stereocenters. The molecule has 0 saturated heterocycles. The molecule has 1 aromatic carbocycles. The van der Waals surface area contributed by atoms with E-state index in [0.29, 0.717) is 11.1 Å². The summed E-state index contributed by atoms with van der Waals surface area (Å²) in [5.74, 6) is -1.27. The lowest BCUT2D eigenvalue weighted by atomic mass is 10.1. The zero-order valence-corrected chi connectivity index (χ0v) is 10.6. The smallest absolute Gasteiger partial charge is 0.305 e. The maximum atomic E-state index is 11.9. The molecule has 0 bridgehead atoms. The Morgan fingerprint density at radius 2 is 2.21 bits per heavy atom. The quantitative estimate of drug-likeness (QED) is 0.839. The molecule has 0 radical (unpaired) electrons. The Kier molecular flexibility index (Phi) is 3.46.